The van der Waals surface area contributed by atoms with Crippen molar-refractivity contribution in [1.29, 1.82) is 0 Å². The molecule has 0 fully saturated rings. The molecule has 0 aliphatic rings. The van der Waals surface area contributed by atoms with Crippen molar-refractivity contribution in [3.63, 3.8) is 0 Å². The minimum Gasteiger partial charge on any atom is -0.466 e. The van der Waals surface area contributed by atoms with Crippen molar-refractivity contribution < 1.29 is 18.7 Å². The van der Waals surface area contributed by atoms with Crippen LogP contribution in [-0.2, 0) is 9.53 Å². The molecule has 0 unspecified atom stereocenters. The number of rotatable bonds is 6. The maximum atomic E-state index is 13.0. The fourth-order valence-corrected chi connectivity index (χ4v) is 3.54. The zero-order valence-electron chi connectivity index (χ0n) is 18.5. The lowest BCUT2D eigenvalue weighted by Gasteiger charge is -2.10. The number of nitrogens with zero attached hydrogens (tertiary/aromatic N) is 4. The summed E-state index contributed by atoms with van der Waals surface area (Å²) < 4.78 is 12.7. The summed E-state index contributed by atoms with van der Waals surface area (Å²) in [6.07, 6.45) is 2.98. The SMILES string of the molecule is Cc1cc(-c2cc(C(=O)OCC(=O)Nc3ccc(Cl)cn3)c3cnn(C(C)C)c3n2)c(C)o1. The van der Waals surface area contributed by atoms with Gasteiger partial charge in [-0.15, -0.1) is 0 Å². The van der Waals surface area contributed by atoms with Gasteiger partial charge in [0.15, 0.2) is 12.3 Å². The summed E-state index contributed by atoms with van der Waals surface area (Å²) in [4.78, 5) is 33.9. The Kier molecular flexibility index (Phi) is 6.15. The van der Waals surface area contributed by atoms with Crippen LogP contribution in [0.1, 0.15) is 41.8 Å². The van der Waals surface area contributed by atoms with Crippen molar-refractivity contribution in [2.45, 2.75) is 33.7 Å². The first-order valence-electron chi connectivity index (χ1n) is 10.3. The van der Waals surface area contributed by atoms with Gasteiger partial charge >= 0.3 is 5.97 Å². The van der Waals surface area contributed by atoms with E-state index >= 15 is 0 Å². The van der Waals surface area contributed by atoms with E-state index in [1.54, 1.807) is 29.1 Å². The molecular weight excluding hydrogens is 446 g/mol. The van der Waals surface area contributed by atoms with Crippen molar-refractivity contribution in [2.75, 3.05) is 11.9 Å². The molecule has 0 radical (unpaired) electrons. The van der Waals surface area contributed by atoms with Crippen LogP contribution in [0.4, 0.5) is 5.82 Å². The second kappa shape index (κ2) is 9.03. The molecule has 33 heavy (non-hydrogen) atoms. The quantitative estimate of drug-likeness (QED) is 0.408. The summed E-state index contributed by atoms with van der Waals surface area (Å²) in [6.45, 7) is 7.14. The van der Waals surface area contributed by atoms with E-state index < -0.39 is 18.5 Å². The normalized spacial score (nSPS) is 11.2. The molecule has 1 N–H and O–H groups in total. The predicted molar refractivity (Wildman–Crippen MR) is 123 cm³/mol. The van der Waals surface area contributed by atoms with E-state index in [-0.39, 0.29) is 11.6 Å². The van der Waals surface area contributed by atoms with Crippen LogP contribution < -0.4 is 5.32 Å². The number of hydrogen-bond acceptors (Lipinski definition) is 7. The van der Waals surface area contributed by atoms with E-state index in [1.165, 1.54) is 6.20 Å². The number of esters is 1. The average molecular weight is 468 g/mol. The van der Waals surface area contributed by atoms with Gasteiger partial charge in [0, 0.05) is 17.8 Å². The van der Waals surface area contributed by atoms with Crippen LogP contribution in [0.15, 0.2) is 41.1 Å². The van der Waals surface area contributed by atoms with Gasteiger partial charge in [-0.05, 0) is 52.0 Å². The first-order chi connectivity index (χ1) is 15.7. The first-order valence-corrected chi connectivity index (χ1v) is 10.6. The lowest BCUT2D eigenvalue weighted by molar-refractivity contribution is -0.119. The Balaban J connectivity index is 1.62. The Bertz CT molecular complexity index is 1340. The van der Waals surface area contributed by atoms with E-state index in [2.05, 4.69) is 15.4 Å². The van der Waals surface area contributed by atoms with Crippen LogP contribution in [0.2, 0.25) is 5.02 Å². The fraction of sp³-hybridized carbons (Fsp3) is 0.261. The van der Waals surface area contributed by atoms with Crippen molar-refractivity contribution in [1.82, 2.24) is 19.7 Å². The van der Waals surface area contributed by atoms with Crippen molar-refractivity contribution in [3.05, 3.63) is 58.8 Å². The molecule has 4 heterocycles. The number of amides is 1. The Morgan fingerprint density at radius 3 is 2.64 bits per heavy atom. The molecule has 0 spiro atoms. The highest BCUT2D eigenvalue weighted by atomic mass is 35.5. The van der Waals surface area contributed by atoms with Gasteiger partial charge in [-0.3, -0.25) is 4.79 Å². The molecule has 1 amide bonds. The highest BCUT2D eigenvalue weighted by Gasteiger charge is 2.22. The second-order valence-electron chi connectivity index (χ2n) is 7.79. The van der Waals surface area contributed by atoms with Gasteiger partial charge in [-0.25, -0.2) is 19.4 Å². The lowest BCUT2D eigenvalue weighted by atomic mass is 10.1. The number of carbonyl (C=O) groups is 2. The third-order valence-electron chi connectivity index (χ3n) is 4.92. The molecule has 0 aromatic carbocycles. The number of aromatic nitrogens is 4. The average Bonchev–Trinajstić information content (AvgIpc) is 3.35. The number of halogens is 1. The number of ether oxygens (including phenoxy) is 1. The minimum absolute atomic E-state index is 0.0268. The lowest BCUT2D eigenvalue weighted by Crippen LogP contribution is -2.21. The third kappa shape index (κ3) is 4.73. The summed E-state index contributed by atoms with van der Waals surface area (Å²) in [5.41, 5.74) is 2.13. The maximum Gasteiger partial charge on any atom is 0.339 e. The maximum absolute atomic E-state index is 13.0. The molecule has 0 aliphatic heterocycles. The number of aryl methyl sites for hydroxylation is 2. The molecule has 0 bridgehead atoms. The molecule has 9 nitrogen and oxygen atoms in total. The van der Waals surface area contributed by atoms with E-state index in [4.69, 9.17) is 25.7 Å². The molecule has 4 aromatic heterocycles. The number of pyridine rings is 2. The molecule has 4 aromatic rings. The summed E-state index contributed by atoms with van der Waals surface area (Å²) >= 11 is 5.79. The van der Waals surface area contributed by atoms with Gasteiger partial charge in [0.05, 0.1) is 27.9 Å². The number of anilines is 1. The van der Waals surface area contributed by atoms with Crippen LogP contribution in [0, 0.1) is 13.8 Å². The molecule has 10 heteroatoms. The number of hydrogen-bond donors (Lipinski definition) is 1. The fourth-order valence-electron chi connectivity index (χ4n) is 3.43. The van der Waals surface area contributed by atoms with Crippen molar-refractivity contribution in [3.8, 4) is 11.3 Å². The topological polar surface area (TPSA) is 112 Å². The van der Waals surface area contributed by atoms with Crippen LogP contribution >= 0.6 is 11.6 Å². The van der Waals surface area contributed by atoms with Crippen LogP contribution in [-0.4, -0.2) is 38.2 Å². The summed E-state index contributed by atoms with van der Waals surface area (Å²) in [6, 6.07) is 6.67. The summed E-state index contributed by atoms with van der Waals surface area (Å²) in [5, 5.41) is 7.92. The summed E-state index contributed by atoms with van der Waals surface area (Å²) in [5.74, 6) is 0.535. The third-order valence-corrected chi connectivity index (χ3v) is 5.15. The highest BCUT2D eigenvalue weighted by Crippen LogP contribution is 2.30. The molecule has 0 atom stereocenters. The number of furan rings is 1. The second-order valence-corrected chi connectivity index (χ2v) is 8.22. The van der Waals surface area contributed by atoms with Gasteiger partial charge in [0.2, 0.25) is 0 Å². The molecule has 0 aliphatic carbocycles. The van der Waals surface area contributed by atoms with E-state index in [0.717, 1.165) is 11.3 Å². The van der Waals surface area contributed by atoms with Crippen LogP contribution in [0.5, 0.6) is 0 Å². The van der Waals surface area contributed by atoms with E-state index in [9.17, 15) is 9.59 Å². The zero-order valence-corrected chi connectivity index (χ0v) is 19.3. The predicted octanol–water partition coefficient (Wildman–Crippen LogP) is 4.73. The molecular formula is C23H22ClN5O4. The monoisotopic (exact) mass is 467 g/mol. The van der Waals surface area contributed by atoms with Crippen molar-refractivity contribution in [2.24, 2.45) is 0 Å². The number of carbonyl (C=O) groups excluding carboxylic acids is 2. The van der Waals surface area contributed by atoms with Crippen molar-refractivity contribution >= 4 is 40.3 Å². The standard InChI is InChI=1S/C23H22ClN5O4/c1-12(2)29-22-18(10-26-29)17(8-19(27-22)16-7-13(3)33-14(16)4)23(31)32-11-21(30)28-20-6-5-15(24)9-25-20/h5-10,12H,11H2,1-4H3,(H,25,28,30). The Morgan fingerprint density at radius 2 is 2.00 bits per heavy atom. The Labute approximate surface area is 194 Å². The first kappa shape index (κ1) is 22.5. The largest absolute Gasteiger partial charge is 0.466 e. The molecule has 4 rings (SSSR count). The zero-order chi connectivity index (χ0) is 23.7. The number of fused-ring (bicyclic) bond motifs is 1. The van der Waals surface area contributed by atoms with Crippen LogP contribution in [0.25, 0.3) is 22.3 Å². The molecule has 0 saturated carbocycles. The Morgan fingerprint density at radius 1 is 1.21 bits per heavy atom. The van der Waals surface area contributed by atoms with E-state index in [0.29, 0.717) is 33.3 Å². The summed E-state index contributed by atoms with van der Waals surface area (Å²) in [7, 11) is 0. The van der Waals surface area contributed by atoms with Gasteiger partial charge in [-0.1, -0.05) is 11.6 Å². The van der Waals surface area contributed by atoms with Crippen LogP contribution in [0.3, 0.4) is 0 Å². The molecule has 0 saturated heterocycles. The van der Waals surface area contributed by atoms with Gasteiger partial charge < -0.3 is 14.5 Å². The number of nitrogens with one attached hydrogen (secondary N) is 1. The van der Waals surface area contributed by atoms with Gasteiger partial charge in [0.25, 0.3) is 5.91 Å². The van der Waals surface area contributed by atoms with E-state index in [1.807, 2.05) is 33.8 Å². The van der Waals surface area contributed by atoms with Gasteiger partial charge in [-0.2, -0.15) is 5.10 Å². The Hall–Kier alpha value is -3.72. The van der Waals surface area contributed by atoms with Gasteiger partial charge in [0.1, 0.15) is 17.3 Å². The highest BCUT2D eigenvalue weighted by molar-refractivity contribution is 6.30. The molecule has 170 valence electrons. The smallest absolute Gasteiger partial charge is 0.339 e. The minimum atomic E-state index is -0.663.